The second kappa shape index (κ2) is 4.31. The number of fused-ring (bicyclic) bond motifs is 2. The minimum Gasteiger partial charge on any atom is -0.354 e. The average Bonchev–Trinajstić information content (AvgIpc) is 2.48. The molecule has 1 aromatic heterocycles. The summed E-state index contributed by atoms with van der Waals surface area (Å²) in [5.41, 5.74) is 6.08. The number of pyridine rings is 1. The number of amides is 1. The quantitative estimate of drug-likeness (QED) is 0.553. The smallest absolute Gasteiger partial charge is 0.221 e. The lowest BCUT2D eigenvalue weighted by molar-refractivity contribution is -0.114. The first-order valence-electron chi connectivity index (χ1n) is 6.79. The van der Waals surface area contributed by atoms with Gasteiger partial charge in [-0.1, -0.05) is 12.1 Å². The summed E-state index contributed by atoms with van der Waals surface area (Å²) in [6, 6.07) is 14.0. The Hall–Kier alpha value is -2.88. The number of carbonyl (C=O) groups is 1. The van der Waals surface area contributed by atoms with Gasteiger partial charge in [-0.2, -0.15) is 0 Å². The van der Waals surface area contributed by atoms with Crippen LogP contribution in [-0.2, 0) is 4.79 Å². The first-order chi connectivity index (χ1) is 10.2. The summed E-state index contributed by atoms with van der Waals surface area (Å²) in [7, 11) is 0. The standard InChI is InChI=1S/C17H13N3O/c1-10(21)19-11-5-6-14-13(9-11)12-3-2-4-15-17(12)16(20-14)7-8-18-15/h2-9,20H,1H3,(H,19,21). The van der Waals surface area contributed by atoms with Gasteiger partial charge in [0.1, 0.15) is 0 Å². The highest BCUT2D eigenvalue weighted by atomic mass is 16.1. The second-order valence-electron chi connectivity index (χ2n) is 5.12. The van der Waals surface area contributed by atoms with Crippen molar-refractivity contribution in [3.05, 3.63) is 48.7 Å². The van der Waals surface area contributed by atoms with Crippen LogP contribution in [0.25, 0.3) is 22.0 Å². The maximum absolute atomic E-state index is 11.2. The number of benzene rings is 2. The monoisotopic (exact) mass is 275 g/mol. The molecule has 4 heteroatoms. The molecule has 0 atom stereocenters. The summed E-state index contributed by atoms with van der Waals surface area (Å²) in [5, 5.41) is 7.38. The lowest BCUT2D eigenvalue weighted by atomic mass is 9.94. The van der Waals surface area contributed by atoms with Gasteiger partial charge in [-0.3, -0.25) is 9.78 Å². The SMILES string of the molecule is CC(=O)Nc1ccc2c(c1)-c1cccc3nccc(c13)N2. The van der Waals surface area contributed by atoms with Gasteiger partial charge >= 0.3 is 0 Å². The molecule has 102 valence electrons. The third kappa shape index (κ3) is 1.84. The molecule has 0 bridgehead atoms. The zero-order valence-corrected chi connectivity index (χ0v) is 11.5. The summed E-state index contributed by atoms with van der Waals surface area (Å²) in [5.74, 6) is -0.0704. The van der Waals surface area contributed by atoms with E-state index >= 15 is 0 Å². The summed E-state index contributed by atoms with van der Waals surface area (Å²) in [4.78, 5) is 15.7. The van der Waals surface area contributed by atoms with Crippen molar-refractivity contribution in [3.8, 4) is 11.1 Å². The van der Waals surface area contributed by atoms with Crippen molar-refractivity contribution in [2.75, 3.05) is 10.6 Å². The van der Waals surface area contributed by atoms with E-state index in [4.69, 9.17) is 0 Å². The second-order valence-corrected chi connectivity index (χ2v) is 5.12. The van der Waals surface area contributed by atoms with Gasteiger partial charge in [-0.25, -0.2) is 0 Å². The third-order valence-electron chi connectivity index (χ3n) is 3.67. The van der Waals surface area contributed by atoms with Gasteiger partial charge in [0.2, 0.25) is 5.91 Å². The first kappa shape index (κ1) is 11.9. The van der Waals surface area contributed by atoms with E-state index in [1.165, 1.54) is 6.92 Å². The molecule has 2 N–H and O–H groups in total. The molecule has 21 heavy (non-hydrogen) atoms. The van der Waals surface area contributed by atoms with Gasteiger partial charge in [0.25, 0.3) is 0 Å². The Morgan fingerprint density at radius 3 is 2.86 bits per heavy atom. The molecule has 2 heterocycles. The molecular weight excluding hydrogens is 262 g/mol. The predicted octanol–water partition coefficient (Wildman–Crippen LogP) is 3.92. The lowest BCUT2D eigenvalue weighted by Gasteiger charge is -2.22. The van der Waals surface area contributed by atoms with Gasteiger partial charge in [0, 0.05) is 35.4 Å². The van der Waals surface area contributed by atoms with Crippen molar-refractivity contribution in [1.82, 2.24) is 4.98 Å². The van der Waals surface area contributed by atoms with Crippen molar-refractivity contribution in [1.29, 1.82) is 0 Å². The summed E-state index contributed by atoms with van der Waals surface area (Å²) in [6.07, 6.45) is 1.81. The number of nitrogens with one attached hydrogen (secondary N) is 2. The minimum atomic E-state index is -0.0704. The Bertz CT molecular complexity index is 881. The third-order valence-corrected chi connectivity index (χ3v) is 3.67. The van der Waals surface area contributed by atoms with Crippen LogP contribution in [0.4, 0.5) is 17.1 Å². The number of anilines is 3. The highest BCUT2D eigenvalue weighted by molar-refractivity contribution is 6.10. The van der Waals surface area contributed by atoms with E-state index < -0.39 is 0 Å². The molecule has 0 saturated carbocycles. The molecule has 0 radical (unpaired) electrons. The van der Waals surface area contributed by atoms with Gasteiger partial charge in [0.05, 0.1) is 11.2 Å². The number of nitrogens with zero attached hydrogens (tertiary/aromatic N) is 1. The number of carbonyl (C=O) groups excluding carboxylic acids is 1. The highest BCUT2D eigenvalue weighted by Crippen LogP contribution is 2.43. The van der Waals surface area contributed by atoms with E-state index in [0.29, 0.717) is 0 Å². The van der Waals surface area contributed by atoms with E-state index in [1.807, 2.05) is 42.6 Å². The maximum Gasteiger partial charge on any atom is 0.221 e. The van der Waals surface area contributed by atoms with Crippen molar-refractivity contribution in [2.45, 2.75) is 6.92 Å². The molecule has 1 amide bonds. The molecule has 1 aliphatic rings. The Balaban J connectivity index is 1.98. The number of aromatic nitrogens is 1. The maximum atomic E-state index is 11.2. The van der Waals surface area contributed by atoms with Crippen molar-refractivity contribution >= 4 is 33.9 Å². The Kier molecular flexibility index (Phi) is 2.44. The van der Waals surface area contributed by atoms with Crippen LogP contribution in [0.1, 0.15) is 6.92 Å². The molecule has 0 aliphatic carbocycles. The highest BCUT2D eigenvalue weighted by Gasteiger charge is 2.18. The van der Waals surface area contributed by atoms with Crippen LogP contribution in [0.5, 0.6) is 0 Å². The fourth-order valence-electron chi connectivity index (χ4n) is 2.84. The zero-order valence-electron chi connectivity index (χ0n) is 11.5. The zero-order chi connectivity index (χ0) is 14.4. The molecule has 1 aliphatic heterocycles. The number of hydrogen-bond acceptors (Lipinski definition) is 3. The van der Waals surface area contributed by atoms with Gasteiger partial charge in [0.15, 0.2) is 0 Å². The Morgan fingerprint density at radius 2 is 2.00 bits per heavy atom. The predicted molar refractivity (Wildman–Crippen MR) is 84.8 cm³/mol. The van der Waals surface area contributed by atoms with Gasteiger partial charge in [-0.05, 0) is 35.9 Å². The van der Waals surface area contributed by atoms with Crippen molar-refractivity contribution in [2.24, 2.45) is 0 Å². The minimum absolute atomic E-state index is 0.0704. The van der Waals surface area contributed by atoms with Crippen LogP contribution in [0.2, 0.25) is 0 Å². The van der Waals surface area contributed by atoms with Crippen LogP contribution in [-0.4, -0.2) is 10.9 Å². The van der Waals surface area contributed by atoms with E-state index in [0.717, 1.165) is 39.1 Å². The van der Waals surface area contributed by atoms with E-state index in [1.54, 1.807) is 0 Å². The molecule has 4 rings (SSSR count). The Labute approximate surface area is 121 Å². The number of rotatable bonds is 1. The first-order valence-corrected chi connectivity index (χ1v) is 6.79. The lowest BCUT2D eigenvalue weighted by Crippen LogP contribution is -2.07. The molecule has 3 aromatic rings. The van der Waals surface area contributed by atoms with Crippen molar-refractivity contribution < 1.29 is 4.79 Å². The van der Waals surface area contributed by atoms with E-state index in [9.17, 15) is 4.79 Å². The fraction of sp³-hybridized carbons (Fsp3) is 0.0588. The average molecular weight is 275 g/mol. The Morgan fingerprint density at radius 1 is 1.10 bits per heavy atom. The fourth-order valence-corrected chi connectivity index (χ4v) is 2.84. The van der Waals surface area contributed by atoms with E-state index in [-0.39, 0.29) is 5.91 Å². The van der Waals surface area contributed by atoms with Crippen molar-refractivity contribution in [3.63, 3.8) is 0 Å². The summed E-state index contributed by atoms with van der Waals surface area (Å²) >= 11 is 0. The molecule has 4 nitrogen and oxygen atoms in total. The van der Waals surface area contributed by atoms with E-state index in [2.05, 4.69) is 21.7 Å². The van der Waals surface area contributed by atoms with Crippen LogP contribution in [0.3, 0.4) is 0 Å². The van der Waals surface area contributed by atoms with Crippen LogP contribution >= 0.6 is 0 Å². The molecule has 0 saturated heterocycles. The van der Waals surface area contributed by atoms with Crippen LogP contribution in [0, 0.1) is 0 Å². The van der Waals surface area contributed by atoms with Gasteiger partial charge in [-0.15, -0.1) is 0 Å². The molecule has 0 unspecified atom stereocenters. The topological polar surface area (TPSA) is 54.0 Å². The van der Waals surface area contributed by atoms with Crippen LogP contribution < -0.4 is 10.6 Å². The van der Waals surface area contributed by atoms with Crippen LogP contribution in [0.15, 0.2) is 48.7 Å². The number of hydrogen-bond donors (Lipinski definition) is 2. The van der Waals surface area contributed by atoms with Gasteiger partial charge < -0.3 is 10.6 Å². The molecular formula is C17H13N3O. The largest absolute Gasteiger partial charge is 0.354 e. The molecule has 2 aromatic carbocycles. The normalized spacial score (nSPS) is 11.7. The summed E-state index contributed by atoms with van der Waals surface area (Å²) in [6.45, 7) is 1.51. The molecule has 0 spiro atoms. The summed E-state index contributed by atoms with van der Waals surface area (Å²) < 4.78 is 0. The molecule has 0 fully saturated rings.